The Bertz CT molecular complexity index is 486. The molecule has 4 heteroatoms. The van der Waals surface area contributed by atoms with Crippen molar-refractivity contribution in [3.63, 3.8) is 0 Å². The molecule has 1 heterocycles. The first-order valence-corrected chi connectivity index (χ1v) is 7.74. The van der Waals surface area contributed by atoms with E-state index in [0.29, 0.717) is 5.41 Å². The number of rotatable bonds is 7. The fraction of sp³-hybridized carbons (Fsp3) is 0.625. The Morgan fingerprint density at radius 3 is 3.00 bits per heavy atom. The van der Waals surface area contributed by atoms with Gasteiger partial charge in [0.25, 0.3) is 0 Å². The molecule has 0 unspecified atom stereocenters. The molecule has 0 radical (unpaired) electrons. The predicted molar refractivity (Wildman–Crippen MR) is 80.8 cm³/mol. The summed E-state index contributed by atoms with van der Waals surface area (Å²) in [5.74, 6) is 1.09. The van der Waals surface area contributed by atoms with Gasteiger partial charge in [-0.2, -0.15) is 0 Å². The number of methoxy groups -OCH3 is 1. The molecule has 0 aromatic heterocycles. The van der Waals surface area contributed by atoms with Gasteiger partial charge < -0.3 is 14.8 Å². The second kappa shape index (κ2) is 5.92. The number of fused-ring (bicyclic) bond motifs is 1. The van der Waals surface area contributed by atoms with Crippen LogP contribution in [0.4, 0.5) is 0 Å². The Kier molecular flexibility index (Phi) is 4.20. The van der Waals surface area contributed by atoms with Crippen LogP contribution < -0.4 is 10.1 Å². The van der Waals surface area contributed by atoms with Gasteiger partial charge in [0.05, 0.1) is 13.2 Å². The molecule has 0 spiro atoms. The first-order valence-electron chi connectivity index (χ1n) is 7.36. The average Bonchev–Trinajstić information content (AvgIpc) is 3.00. The zero-order valence-corrected chi connectivity index (χ0v) is 12.8. The van der Waals surface area contributed by atoms with Gasteiger partial charge in [-0.3, -0.25) is 0 Å². The SMILES string of the molecule is COCCNCC1(Cc2cc(Cl)cc3c2OCC3)CC1. The summed E-state index contributed by atoms with van der Waals surface area (Å²) < 4.78 is 10.9. The Balaban J connectivity index is 1.66. The Hall–Kier alpha value is -0.770. The van der Waals surface area contributed by atoms with Crippen LogP contribution in [0.5, 0.6) is 5.75 Å². The van der Waals surface area contributed by atoms with Crippen molar-refractivity contribution in [2.45, 2.75) is 25.7 Å². The van der Waals surface area contributed by atoms with Crippen LogP contribution in [-0.4, -0.2) is 33.4 Å². The monoisotopic (exact) mass is 295 g/mol. The second-order valence-corrected chi connectivity index (χ2v) is 6.43. The molecule has 1 aromatic rings. The second-order valence-electron chi connectivity index (χ2n) is 6.00. The Labute approximate surface area is 125 Å². The van der Waals surface area contributed by atoms with Crippen LogP contribution in [0, 0.1) is 5.41 Å². The van der Waals surface area contributed by atoms with Gasteiger partial charge in [-0.25, -0.2) is 0 Å². The molecule has 1 fully saturated rings. The maximum atomic E-state index is 6.24. The molecule has 0 atom stereocenters. The smallest absolute Gasteiger partial charge is 0.125 e. The summed E-state index contributed by atoms with van der Waals surface area (Å²) in [6.45, 7) is 3.54. The molecular weight excluding hydrogens is 274 g/mol. The van der Waals surface area contributed by atoms with Crippen LogP contribution in [0.2, 0.25) is 5.02 Å². The number of hydrogen-bond acceptors (Lipinski definition) is 3. The van der Waals surface area contributed by atoms with Gasteiger partial charge in [-0.1, -0.05) is 11.6 Å². The predicted octanol–water partition coefficient (Wildman–Crippen LogP) is 2.83. The van der Waals surface area contributed by atoms with Crippen molar-refractivity contribution < 1.29 is 9.47 Å². The van der Waals surface area contributed by atoms with E-state index in [2.05, 4.69) is 11.4 Å². The van der Waals surface area contributed by atoms with E-state index in [9.17, 15) is 0 Å². The van der Waals surface area contributed by atoms with Crippen molar-refractivity contribution in [2.75, 3.05) is 33.4 Å². The number of ether oxygens (including phenoxy) is 2. The lowest BCUT2D eigenvalue weighted by Gasteiger charge is -2.18. The van der Waals surface area contributed by atoms with Crippen molar-refractivity contribution in [1.82, 2.24) is 5.32 Å². The fourth-order valence-corrected chi connectivity index (χ4v) is 3.27. The highest BCUT2D eigenvalue weighted by Crippen LogP contribution is 2.50. The summed E-state index contributed by atoms with van der Waals surface area (Å²) in [7, 11) is 1.74. The van der Waals surface area contributed by atoms with Gasteiger partial charge in [0.2, 0.25) is 0 Å². The van der Waals surface area contributed by atoms with E-state index in [0.717, 1.165) is 49.9 Å². The van der Waals surface area contributed by atoms with Crippen LogP contribution in [0.25, 0.3) is 0 Å². The molecule has 1 aliphatic heterocycles. The van der Waals surface area contributed by atoms with E-state index >= 15 is 0 Å². The third-order valence-electron chi connectivity index (χ3n) is 4.33. The maximum absolute atomic E-state index is 6.24. The van der Waals surface area contributed by atoms with Crippen LogP contribution in [-0.2, 0) is 17.6 Å². The van der Waals surface area contributed by atoms with Gasteiger partial charge in [-0.15, -0.1) is 0 Å². The molecule has 1 aromatic carbocycles. The average molecular weight is 296 g/mol. The molecule has 1 aliphatic carbocycles. The van der Waals surface area contributed by atoms with Gasteiger partial charge in [0.1, 0.15) is 5.75 Å². The minimum absolute atomic E-state index is 0.401. The van der Waals surface area contributed by atoms with Crippen molar-refractivity contribution in [3.8, 4) is 5.75 Å². The van der Waals surface area contributed by atoms with Crippen molar-refractivity contribution in [3.05, 3.63) is 28.3 Å². The number of benzene rings is 1. The highest BCUT2D eigenvalue weighted by Gasteiger charge is 2.43. The van der Waals surface area contributed by atoms with Crippen molar-refractivity contribution >= 4 is 11.6 Å². The lowest BCUT2D eigenvalue weighted by atomic mass is 9.94. The normalized spacial score (nSPS) is 18.7. The molecule has 0 amide bonds. The summed E-state index contributed by atoms with van der Waals surface area (Å²) in [5.41, 5.74) is 2.96. The fourth-order valence-electron chi connectivity index (χ4n) is 3.00. The van der Waals surface area contributed by atoms with Crippen LogP contribution in [0.1, 0.15) is 24.0 Å². The topological polar surface area (TPSA) is 30.5 Å². The van der Waals surface area contributed by atoms with E-state index in [4.69, 9.17) is 21.1 Å². The van der Waals surface area contributed by atoms with Gasteiger partial charge in [0, 0.05) is 31.6 Å². The third kappa shape index (κ3) is 3.11. The molecule has 110 valence electrons. The molecule has 2 aliphatic rings. The number of nitrogens with one attached hydrogen (secondary N) is 1. The highest BCUT2D eigenvalue weighted by molar-refractivity contribution is 6.30. The molecule has 1 N–H and O–H groups in total. The van der Waals surface area contributed by atoms with Gasteiger partial charge in [-0.05, 0) is 47.9 Å². The summed E-state index contributed by atoms with van der Waals surface area (Å²) in [4.78, 5) is 0. The van der Waals surface area contributed by atoms with E-state index in [1.807, 2.05) is 6.07 Å². The van der Waals surface area contributed by atoms with Gasteiger partial charge in [0.15, 0.2) is 0 Å². The molecule has 3 nitrogen and oxygen atoms in total. The Morgan fingerprint density at radius 1 is 1.40 bits per heavy atom. The number of halogens is 1. The zero-order chi connectivity index (χ0) is 14.0. The quantitative estimate of drug-likeness (QED) is 0.785. The summed E-state index contributed by atoms with van der Waals surface area (Å²) in [6.07, 6.45) is 4.63. The van der Waals surface area contributed by atoms with E-state index in [-0.39, 0.29) is 0 Å². The molecule has 0 bridgehead atoms. The first kappa shape index (κ1) is 14.2. The van der Waals surface area contributed by atoms with Crippen LogP contribution in [0.3, 0.4) is 0 Å². The third-order valence-corrected chi connectivity index (χ3v) is 4.55. The standard InChI is InChI=1S/C16H22ClNO2/c1-19-7-5-18-11-16(3-4-16)10-13-9-14(17)8-12-2-6-20-15(12)13/h8-9,18H,2-7,10-11H2,1H3. The molecular formula is C16H22ClNO2. The minimum atomic E-state index is 0.401. The first-order chi connectivity index (χ1) is 9.72. The molecule has 0 saturated heterocycles. The van der Waals surface area contributed by atoms with Crippen LogP contribution in [0.15, 0.2) is 12.1 Å². The minimum Gasteiger partial charge on any atom is -0.493 e. The van der Waals surface area contributed by atoms with E-state index in [1.54, 1.807) is 7.11 Å². The molecule has 1 saturated carbocycles. The van der Waals surface area contributed by atoms with E-state index < -0.39 is 0 Å². The van der Waals surface area contributed by atoms with E-state index in [1.165, 1.54) is 24.0 Å². The largest absolute Gasteiger partial charge is 0.493 e. The number of hydrogen-bond donors (Lipinski definition) is 1. The van der Waals surface area contributed by atoms with Gasteiger partial charge >= 0.3 is 0 Å². The Morgan fingerprint density at radius 2 is 2.25 bits per heavy atom. The van der Waals surface area contributed by atoms with Crippen molar-refractivity contribution in [1.29, 1.82) is 0 Å². The zero-order valence-electron chi connectivity index (χ0n) is 12.0. The summed E-state index contributed by atoms with van der Waals surface area (Å²) >= 11 is 6.24. The summed E-state index contributed by atoms with van der Waals surface area (Å²) in [6, 6.07) is 4.13. The maximum Gasteiger partial charge on any atom is 0.125 e. The van der Waals surface area contributed by atoms with Crippen LogP contribution >= 0.6 is 11.6 Å². The molecule has 20 heavy (non-hydrogen) atoms. The highest BCUT2D eigenvalue weighted by atomic mass is 35.5. The lowest BCUT2D eigenvalue weighted by molar-refractivity contribution is 0.197. The van der Waals surface area contributed by atoms with Crippen molar-refractivity contribution in [2.24, 2.45) is 5.41 Å². The summed E-state index contributed by atoms with van der Waals surface area (Å²) in [5, 5.41) is 4.33. The lowest BCUT2D eigenvalue weighted by Crippen LogP contribution is -2.28. The molecule has 3 rings (SSSR count).